The van der Waals surface area contributed by atoms with Crippen molar-refractivity contribution in [1.82, 2.24) is 15.1 Å². The first-order valence-electron chi connectivity index (χ1n) is 9.11. The summed E-state index contributed by atoms with van der Waals surface area (Å²) in [6, 6.07) is 0.537. The van der Waals surface area contributed by atoms with Crippen molar-refractivity contribution in [3.05, 3.63) is 17.0 Å². The number of hydrogen-bond donors (Lipinski definition) is 1. The van der Waals surface area contributed by atoms with Gasteiger partial charge in [-0.05, 0) is 46.0 Å². The van der Waals surface area contributed by atoms with Crippen LogP contribution in [0.4, 0.5) is 0 Å². The lowest BCUT2D eigenvalue weighted by molar-refractivity contribution is -0.140. The standard InChI is InChI=1S/C18H31N3O2/c1-4-8-21-15(3)17(14(2)20-21)13-19-16-5-9-23-18(12-16)6-10-22-11-7-18/h16,19H,4-13H2,1-3H3. The Morgan fingerprint density at radius 3 is 2.78 bits per heavy atom. The molecular formula is C18H31N3O2. The molecule has 1 spiro atoms. The summed E-state index contributed by atoms with van der Waals surface area (Å²) in [5, 5.41) is 8.45. The molecule has 1 aromatic rings. The molecular weight excluding hydrogens is 290 g/mol. The Balaban J connectivity index is 1.60. The average Bonchev–Trinajstić information content (AvgIpc) is 2.81. The fourth-order valence-electron chi connectivity index (χ4n) is 3.96. The van der Waals surface area contributed by atoms with Gasteiger partial charge in [-0.2, -0.15) is 5.10 Å². The van der Waals surface area contributed by atoms with E-state index in [9.17, 15) is 0 Å². The molecule has 0 amide bonds. The average molecular weight is 321 g/mol. The van der Waals surface area contributed by atoms with Crippen molar-refractivity contribution in [2.24, 2.45) is 0 Å². The van der Waals surface area contributed by atoms with E-state index < -0.39 is 0 Å². The molecule has 1 atom stereocenters. The quantitative estimate of drug-likeness (QED) is 0.906. The van der Waals surface area contributed by atoms with E-state index in [0.717, 1.165) is 70.7 Å². The van der Waals surface area contributed by atoms with Crippen LogP contribution in [0.2, 0.25) is 0 Å². The van der Waals surface area contributed by atoms with Gasteiger partial charge in [0.1, 0.15) is 0 Å². The molecule has 1 unspecified atom stereocenters. The number of nitrogens with one attached hydrogen (secondary N) is 1. The minimum atomic E-state index is 0.0602. The van der Waals surface area contributed by atoms with E-state index in [1.165, 1.54) is 11.3 Å². The highest BCUT2D eigenvalue weighted by atomic mass is 16.5. The monoisotopic (exact) mass is 321 g/mol. The highest BCUT2D eigenvalue weighted by Crippen LogP contribution is 2.34. The molecule has 2 aliphatic heterocycles. The Bertz CT molecular complexity index is 515. The van der Waals surface area contributed by atoms with Crippen molar-refractivity contribution in [2.45, 2.75) is 77.6 Å². The maximum atomic E-state index is 6.14. The van der Waals surface area contributed by atoms with Crippen LogP contribution in [-0.2, 0) is 22.6 Å². The maximum absolute atomic E-state index is 6.14. The summed E-state index contributed by atoms with van der Waals surface area (Å²) in [5.74, 6) is 0. The van der Waals surface area contributed by atoms with Gasteiger partial charge in [0, 0.05) is 50.2 Å². The van der Waals surface area contributed by atoms with E-state index >= 15 is 0 Å². The van der Waals surface area contributed by atoms with Gasteiger partial charge in [0.2, 0.25) is 0 Å². The molecule has 0 bridgehead atoms. The number of nitrogens with zero attached hydrogens (tertiary/aromatic N) is 2. The molecule has 1 N–H and O–H groups in total. The minimum absolute atomic E-state index is 0.0602. The normalized spacial score (nSPS) is 24.2. The Morgan fingerprint density at radius 1 is 1.26 bits per heavy atom. The second kappa shape index (κ2) is 7.32. The zero-order chi connectivity index (χ0) is 16.3. The SMILES string of the molecule is CCCn1nc(C)c(CNC2CCOC3(CCOCC3)C2)c1C. The molecule has 0 saturated carbocycles. The third kappa shape index (κ3) is 3.78. The molecule has 2 fully saturated rings. The fourth-order valence-corrected chi connectivity index (χ4v) is 3.96. The van der Waals surface area contributed by atoms with Crippen molar-refractivity contribution in [3.8, 4) is 0 Å². The van der Waals surface area contributed by atoms with Crippen molar-refractivity contribution in [3.63, 3.8) is 0 Å². The molecule has 2 saturated heterocycles. The highest BCUT2D eigenvalue weighted by molar-refractivity contribution is 5.24. The molecule has 5 heteroatoms. The molecule has 2 aliphatic rings. The summed E-state index contributed by atoms with van der Waals surface area (Å²) in [5.41, 5.74) is 3.90. The third-order valence-corrected chi connectivity index (χ3v) is 5.43. The van der Waals surface area contributed by atoms with E-state index in [4.69, 9.17) is 9.47 Å². The molecule has 130 valence electrons. The van der Waals surface area contributed by atoms with Crippen LogP contribution in [0.15, 0.2) is 0 Å². The summed E-state index contributed by atoms with van der Waals surface area (Å²) in [6.45, 7) is 11.0. The van der Waals surface area contributed by atoms with Gasteiger partial charge in [-0.15, -0.1) is 0 Å². The van der Waals surface area contributed by atoms with Gasteiger partial charge < -0.3 is 14.8 Å². The van der Waals surface area contributed by atoms with Gasteiger partial charge in [-0.3, -0.25) is 4.68 Å². The zero-order valence-corrected chi connectivity index (χ0v) is 14.9. The van der Waals surface area contributed by atoms with E-state index in [1.807, 2.05) is 0 Å². The van der Waals surface area contributed by atoms with Crippen LogP contribution >= 0.6 is 0 Å². The smallest absolute Gasteiger partial charge is 0.0741 e. The minimum Gasteiger partial charge on any atom is -0.381 e. The number of rotatable bonds is 5. The predicted octanol–water partition coefficient (Wildman–Crippen LogP) is 2.73. The Morgan fingerprint density at radius 2 is 2.04 bits per heavy atom. The molecule has 0 aromatic carbocycles. The van der Waals surface area contributed by atoms with Gasteiger partial charge in [-0.25, -0.2) is 0 Å². The number of aryl methyl sites for hydroxylation is 2. The van der Waals surface area contributed by atoms with Crippen LogP contribution in [0.1, 0.15) is 56.0 Å². The summed E-state index contributed by atoms with van der Waals surface area (Å²) in [4.78, 5) is 0. The fraction of sp³-hybridized carbons (Fsp3) is 0.833. The molecule has 3 heterocycles. The van der Waals surface area contributed by atoms with Crippen LogP contribution in [0.3, 0.4) is 0 Å². The zero-order valence-electron chi connectivity index (χ0n) is 14.9. The Hall–Kier alpha value is -0.910. The van der Waals surface area contributed by atoms with Crippen LogP contribution in [-0.4, -0.2) is 41.2 Å². The van der Waals surface area contributed by atoms with Gasteiger partial charge in [0.05, 0.1) is 11.3 Å². The molecule has 5 nitrogen and oxygen atoms in total. The third-order valence-electron chi connectivity index (χ3n) is 5.43. The van der Waals surface area contributed by atoms with Crippen molar-refractivity contribution < 1.29 is 9.47 Å². The Labute approximate surface area is 139 Å². The highest BCUT2D eigenvalue weighted by Gasteiger charge is 2.38. The number of hydrogen-bond acceptors (Lipinski definition) is 4. The van der Waals surface area contributed by atoms with E-state index in [0.29, 0.717) is 6.04 Å². The van der Waals surface area contributed by atoms with Crippen LogP contribution in [0, 0.1) is 13.8 Å². The topological polar surface area (TPSA) is 48.3 Å². The van der Waals surface area contributed by atoms with Gasteiger partial charge >= 0.3 is 0 Å². The summed E-state index contributed by atoms with van der Waals surface area (Å²) < 4.78 is 13.8. The van der Waals surface area contributed by atoms with Gasteiger partial charge in [-0.1, -0.05) is 6.92 Å². The van der Waals surface area contributed by atoms with Gasteiger partial charge in [0.15, 0.2) is 0 Å². The summed E-state index contributed by atoms with van der Waals surface area (Å²) >= 11 is 0. The van der Waals surface area contributed by atoms with Crippen LogP contribution in [0.5, 0.6) is 0 Å². The maximum Gasteiger partial charge on any atom is 0.0741 e. The molecule has 1 aromatic heterocycles. The molecule has 23 heavy (non-hydrogen) atoms. The molecule has 3 rings (SSSR count). The van der Waals surface area contributed by atoms with Crippen LogP contribution in [0.25, 0.3) is 0 Å². The van der Waals surface area contributed by atoms with Gasteiger partial charge in [0.25, 0.3) is 0 Å². The first kappa shape index (κ1) is 16.9. The first-order chi connectivity index (χ1) is 11.1. The van der Waals surface area contributed by atoms with E-state index in [1.54, 1.807) is 0 Å². The second-order valence-electron chi connectivity index (χ2n) is 7.09. The number of aromatic nitrogens is 2. The summed E-state index contributed by atoms with van der Waals surface area (Å²) in [6.07, 6.45) is 5.41. The van der Waals surface area contributed by atoms with Crippen LogP contribution < -0.4 is 5.32 Å². The molecule has 0 radical (unpaired) electrons. The lowest BCUT2D eigenvalue weighted by Gasteiger charge is -2.43. The lowest BCUT2D eigenvalue weighted by Crippen LogP contribution is -2.49. The van der Waals surface area contributed by atoms with Crippen molar-refractivity contribution in [2.75, 3.05) is 19.8 Å². The van der Waals surface area contributed by atoms with E-state index in [-0.39, 0.29) is 5.60 Å². The Kier molecular flexibility index (Phi) is 5.39. The van der Waals surface area contributed by atoms with Crippen molar-refractivity contribution in [1.29, 1.82) is 0 Å². The van der Waals surface area contributed by atoms with E-state index in [2.05, 4.69) is 35.9 Å². The lowest BCUT2D eigenvalue weighted by atomic mass is 9.84. The number of ether oxygens (including phenoxy) is 2. The summed E-state index contributed by atoms with van der Waals surface area (Å²) in [7, 11) is 0. The van der Waals surface area contributed by atoms with Crippen molar-refractivity contribution >= 4 is 0 Å². The molecule has 0 aliphatic carbocycles. The predicted molar refractivity (Wildman–Crippen MR) is 90.6 cm³/mol. The largest absolute Gasteiger partial charge is 0.381 e. The second-order valence-corrected chi connectivity index (χ2v) is 7.09. The first-order valence-corrected chi connectivity index (χ1v) is 9.11.